The van der Waals surface area contributed by atoms with E-state index < -0.39 is 0 Å². The molecule has 1 unspecified atom stereocenters. The van der Waals surface area contributed by atoms with Crippen LogP contribution in [0.15, 0.2) is 22.7 Å². The van der Waals surface area contributed by atoms with Gasteiger partial charge in [-0.15, -0.1) is 0 Å². The maximum absolute atomic E-state index is 13.0. The van der Waals surface area contributed by atoms with Gasteiger partial charge in [0.25, 0.3) is 0 Å². The lowest BCUT2D eigenvalue weighted by atomic mass is 10.1. The summed E-state index contributed by atoms with van der Waals surface area (Å²) < 4.78 is 13.6. The predicted molar refractivity (Wildman–Crippen MR) is 71.5 cm³/mol. The Balaban J connectivity index is 1.78. The summed E-state index contributed by atoms with van der Waals surface area (Å²) in [7, 11) is 0. The molecule has 1 atom stereocenters. The van der Waals surface area contributed by atoms with Crippen molar-refractivity contribution in [3.8, 4) is 0 Å². The van der Waals surface area contributed by atoms with Crippen LogP contribution in [-0.2, 0) is 6.42 Å². The average Bonchev–Trinajstić information content (AvgIpc) is 2.76. The molecule has 1 aliphatic heterocycles. The van der Waals surface area contributed by atoms with Gasteiger partial charge in [0, 0.05) is 11.8 Å². The zero-order chi connectivity index (χ0) is 11.4. The Hall–Kier alpha value is -0.0600. The summed E-state index contributed by atoms with van der Waals surface area (Å²) in [6, 6.07) is 5.91. The van der Waals surface area contributed by atoms with E-state index in [4.69, 9.17) is 0 Å². The molecule has 1 aromatic rings. The van der Waals surface area contributed by atoms with Crippen molar-refractivity contribution in [3.63, 3.8) is 0 Å². The van der Waals surface area contributed by atoms with Gasteiger partial charge in [-0.3, -0.25) is 0 Å². The predicted octanol–water partition coefficient (Wildman–Crippen LogP) is 3.23. The lowest BCUT2D eigenvalue weighted by molar-refractivity contribution is 0.560. The number of hydrogen-bond acceptors (Lipinski definition) is 2. The first-order valence-electron chi connectivity index (χ1n) is 5.51. The largest absolute Gasteiger partial charge is 0.313 e. The third-order valence-electron chi connectivity index (χ3n) is 2.76. The lowest BCUT2D eigenvalue weighted by Gasteiger charge is -2.10. The van der Waals surface area contributed by atoms with Gasteiger partial charge in [-0.25, -0.2) is 4.39 Å². The molecule has 0 bridgehead atoms. The fraction of sp³-hybridized carbons (Fsp3) is 0.500. The maximum atomic E-state index is 13.0. The fourth-order valence-electron chi connectivity index (χ4n) is 1.81. The summed E-state index contributed by atoms with van der Waals surface area (Å²) in [5.41, 5.74) is 1.17. The number of hydrogen-bond donors (Lipinski definition) is 1. The van der Waals surface area contributed by atoms with Gasteiger partial charge in [-0.05, 0) is 58.8 Å². The molecule has 88 valence electrons. The highest BCUT2D eigenvalue weighted by Gasteiger charge is 2.13. The molecule has 4 heteroatoms. The van der Waals surface area contributed by atoms with Crippen LogP contribution >= 0.6 is 27.7 Å². The number of thioether (sulfide) groups is 1. The van der Waals surface area contributed by atoms with E-state index in [2.05, 4.69) is 21.2 Å². The van der Waals surface area contributed by atoms with Crippen molar-refractivity contribution in [3.05, 3.63) is 34.1 Å². The Morgan fingerprint density at radius 3 is 3.06 bits per heavy atom. The molecule has 0 radical (unpaired) electrons. The first-order valence-corrected chi connectivity index (χ1v) is 7.45. The SMILES string of the molecule is Fc1ccc(CCNC2CCSC2)cc1Br. The number of halogens is 2. The normalized spacial score (nSPS) is 20.2. The van der Waals surface area contributed by atoms with Crippen molar-refractivity contribution < 1.29 is 4.39 Å². The fourth-order valence-corrected chi connectivity index (χ4v) is 3.42. The molecule has 0 aliphatic carbocycles. The number of benzene rings is 1. The van der Waals surface area contributed by atoms with Gasteiger partial charge in [-0.1, -0.05) is 6.07 Å². The van der Waals surface area contributed by atoms with E-state index in [1.807, 2.05) is 23.9 Å². The molecule has 1 nitrogen and oxygen atoms in total. The zero-order valence-corrected chi connectivity index (χ0v) is 11.4. The van der Waals surface area contributed by atoms with Gasteiger partial charge < -0.3 is 5.32 Å². The molecule has 1 N–H and O–H groups in total. The Kier molecular flexibility index (Phi) is 4.67. The second-order valence-corrected chi connectivity index (χ2v) is 6.02. The van der Waals surface area contributed by atoms with Crippen molar-refractivity contribution in [2.75, 3.05) is 18.1 Å². The van der Waals surface area contributed by atoms with Crippen LogP contribution in [-0.4, -0.2) is 24.1 Å². The van der Waals surface area contributed by atoms with E-state index in [9.17, 15) is 4.39 Å². The van der Waals surface area contributed by atoms with Gasteiger partial charge in [0.15, 0.2) is 0 Å². The van der Waals surface area contributed by atoms with E-state index in [-0.39, 0.29) is 5.82 Å². The summed E-state index contributed by atoms with van der Waals surface area (Å²) in [5, 5.41) is 3.53. The van der Waals surface area contributed by atoms with Crippen molar-refractivity contribution in [2.45, 2.75) is 18.9 Å². The minimum Gasteiger partial charge on any atom is -0.313 e. The van der Waals surface area contributed by atoms with Gasteiger partial charge >= 0.3 is 0 Å². The van der Waals surface area contributed by atoms with Gasteiger partial charge in [0.2, 0.25) is 0 Å². The van der Waals surface area contributed by atoms with Crippen LogP contribution in [0, 0.1) is 5.82 Å². The average molecular weight is 304 g/mol. The smallest absolute Gasteiger partial charge is 0.137 e. The first-order chi connectivity index (χ1) is 7.75. The molecule has 0 amide bonds. The Morgan fingerprint density at radius 1 is 1.50 bits per heavy atom. The summed E-state index contributed by atoms with van der Waals surface area (Å²) >= 11 is 5.22. The second kappa shape index (κ2) is 6.03. The van der Waals surface area contributed by atoms with E-state index in [0.717, 1.165) is 13.0 Å². The molecular weight excluding hydrogens is 289 g/mol. The highest BCUT2D eigenvalue weighted by Crippen LogP contribution is 2.18. The third kappa shape index (κ3) is 3.47. The number of rotatable bonds is 4. The minimum atomic E-state index is -0.191. The molecule has 1 heterocycles. The molecule has 2 rings (SSSR count). The Bertz CT molecular complexity index is 353. The van der Waals surface area contributed by atoms with Crippen LogP contribution in [0.3, 0.4) is 0 Å². The molecule has 1 saturated heterocycles. The number of nitrogens with one attached hydrogen (secondary N) is 1. The van der Waals surface area contributed by atoms with E-state index >= 15 is 0 Å². The maximum Gasteiger partial charge on any atom is 0.137 e. The van der Waals surface area contributed by atoms with E-state index in [0.29, 0.717) is 10.5 Å². The minimum absolute atomic E-state index is 0.191. The van der Waals surface area contributed by atoms with Crippen LogP contribution in [0.5, 0.6) is 0 Å². The van der Waals surface area contributed by atoms with Crippen molar-refractivity contribution in [2.24, 2.45) is 0 Å². The second-order valence-electron chi connectivity index (χ2n) is 4.01. The van der Waals surface area contributed by atoms with E-state index in [1.54, 1.807) is 0 Å². The van der Waals surface area contributed by atoms with Crippen LogP contribution < -0.4 is 5.32 Å². The molecule has 0 spiro atoms. The van der Waals surface area contributed by atoms with Gasteiger partial charge in [0.1, 0.15) is 5.82 Å². The van der Waals surface area contributed by atoms with Crippen LogP contribution in [0.2, 0.25) is 0 Å². The Morgan fingerprint density at radius 2 is 2.38 bits per heavy atom. The molecule has 0 saturated carbocycles. The Labute approximate surface area is 108 Å². The van der Waals surface area contributed by atoms with E-state index in [1.165, 1.54) is 29.6 Å². The highest BCUT2D eigenvalue weighted by molar-refractivity contribution is 9.10. The topological polar surface area (TPSA) is 12.0 Å². The zero-order valence-electron chi connectivity index (χ0n) is 9.01. The highest BCUT2D eigenvalue weighted by atomic mass is 79.9. The monoisotopic (exact) mass is 303 g/mol. The third-order valence-corrected chi connectivity index (χ3v) is 4.53. The molecule has 1 aromatic carbocycles. The van der Waals surface area contributed by atoms with Gasteiger partial charge in [0.05, 0.1) is 4.47 Å². The van der Waals surface area contributed by atoms with Crippen molar-refractivity contribution >= 4 is 27.7 Å². The molecule has 0 aromatic heterocycles. The molecule has 16 heavy (non-hydrogen) atoms. The standard InChI is InChI=1S/C12H15BrFNS/c13-11-7-9(1-2-12(11)14)3-5-15-10-4-6-16-8-10/h1-2,7,10,15H,3-6,8H2. The summed E-state index contributed by atoms with van der Waals surface area (Å²) in [5.74, 6) is 2.32. The van der Waals surface area contributed by atoms with Crippen LogP contribution in [0.4, 0.5) is 4.39 Å². The summed E-state index contributed by atoms with van der Waals surface area (Å²) in [4.78, 5) is 0. The van der Waals surface area contributed by atoms with Crippen LogP contribution in [0.25, 0.3) is 0 Å². The van der Waals surface area contributed by atoms with Crippen molar-refractivity contribution in [1.82, 2.24) is 5.32 Å². The van der Waals surface area contributed by atoms with Crippen LogP contribution in [0.1, 0.15) is 12.0 Å². The summed E-state index contributed by atoms with van der Waals surface area (Å²) in [6.07, 6.45) is 2.23. The first kappa shape index (κ1) is 12.4. The van der Waals surface area contributed by atoms with Crippen molar-refractivity contribution in [1.29, 1.82) is 0 Å². The lowest BCUT2D eigenvalue weighted by Crippen LogP contribution is -2.30. The quantitative estimate of drug-likeness (QED) is 0.916. The molecule has 1 fully saturated rings. The van der Waals surface area contributed by atoms with Gasteiger partial charge in [-0.2, -0.15) is 11.8 Å². The molecular formula is C12H15BrFNS. The molecule has 1 aliphatic rings. The summed E-state index contributed by atoms with van der Waals surface area (Å²) in [6.45, 7) is 0.975.